The quantitative estimate of drug-likeness (QED) is 0.454. The summed E-state index contributed by atoms with van der Waals surface area (Å²) in [5.41, 5.74) is 4.38. The minimum Gasteiger partial charge on any atom is -0.504 e. The van der Waals surface area contributed by atoms with Crippen molar-refractivity contribution in [2.24, 2.45) is 5.10 Å². The third-order valence-corrected chi connectivity index (χ3v) is 3.87. The number of aromatic amines is 1. The average molecular weight is 366 g/mol. The fourth-order valence-corrected chi connectivity index (χ4v) is 2.48. The van der Waals surface area contributed by atoms with Crippen molar-refractivity contribution in [2.75, 3.05) is 7.11 Å². The van der Waals surface area contributed by atoms with E-state index in [1.54, 1.807) is 24.3 Å². The highest BCUT2D eigenvalue weighted by atomic mass is 16.5. The Morgan fingerprint density at radius 1 is 1.33 bits per heavy atom. The van der Waals surface area contributed by atoms with E-state index in [0.29, 0.717) is 28.0 Å². The molecule has 0 unspecified atom stereocenters. The molecular weight excluding hydrogens is 348 g/mol. The number of nitrogens with zero attached hydrogens (tertiary/aromatic N) is 2. The lowest BCUT2D eigenvalue weighted by molar-refractivity contribution is -0.121. The van der Waals surface area contributed by atoms with Crippen LogP contribution in [0, 0.1) is 0 Å². The molecule has 2 aromatic carbocycles. The van der Waals surface area contributed by atoms with Gasteiger partial charge in [0.15, 0.2) is 11.5 Å². The molecule has 8 heteroatoms. The SMILES string of the molecule is COc1cc(/C=N/NC(=O)CCc2nc3ccccc3[nH]c2=O)ccc1O. The van der Waals surface area contributed by atoms with Crippen LogP contribution in [-0.4, -0.2) is 34.3 Å². The molecule has 8 nitrogen and oxygen atoms in total. The highest BCUT2D eigenvalue weighted by Crippen LogP contribution is 2.25. The molecule has 0 radical (unpaired) electrons. The molecule has 1 amide bonds. The lowest BCUT2D eigenvalue weighted by atomic mass is 10.2. The van der Waals surface area contributed by atoms with Crippen LogP contribution in [-0.2, 0) is 11.2 Å². The monoisotopic (exact) mass is 366 g/mol. The first-order chi connectivity index (χ1) is 13.1. The van der Waals surface area contributed by atoms with Crippen LogP contribution in [0.2, 0.25) is 0 Å². The summed E-state index contributed by atoms with van der Waals surface area (Å²) in [6.07, 6.45) is 1.71. The van der Waals surface area contributed by atoms with Crippen molar-refractivity contribution in [1.82, 2.24) is 15.4 Å². The van der Waals surface area contributed by atoms with Crippen LogP contribution in [0.5, 0.6) is 11.5 Å². The highest BCUT2D eigenvalue weighted by molar-refractivity contribution is 5.83. The van der Waals surface area contributed by atoms with Gasteiger partial charge in [-0.2, -0.15) is 5.10 Å². The van der Waals surface area contributed by atoms with Gasteiger partial charge >= 0.3 is 0 Å². The Labute approximate surface area is 154 Å². The number of hydrogen-bond acceptors (Lipinski definition) is 6. The number of phenolic OH excluding ortho intramolecular Hbond substituents is 1. The van der Waals surface area contributed by atoms with Gasteiger partial charge in [0.2, 0.25) is 5.91 Å². The van der Waals surface area contributed by atoms with Crippen LogP contribution in [0.1, 0.15) is 17.7 Å². The number of carbonyl (C=O) groups excluding carboxylic acids is 1. The predicted molar refractivity (Wildman–Crippen MR) is 101 cm³/mol. The second kappa shape index (κ2) is 8.13. The Balaban J connectivity index is 1.58. The topological polar surface area (TPSA) is 117 Å². The summed E-state index contributed by atoms with van der Waals surface area (Å²) < 4.78 is 5.00. The van der Waals surface area contributed by atoms with Crippen molar-refractivity contribution >= 4 is 23.2 Å². The number of aromatic hydroxyl groups is 1. The maximum atomic E-state index is 12.0. The molecule has 3 rings (SSSR count). The van der Waals surface area contributed by atoms with Crippen LogP contribution < -0.4 is 15.7 Å². The summed E-state index contributed by atoms with van der Waals surface area (Å²) in [4.78, 5) is 31.0. The van der Waals surface area contributed by atoms with Crippen LogP contribution in [0.4, 0.5) is 0 Å². The van der Waals surface area contributed by atoms with Crippen molar-refractivity contribution in [2.45, 2.75) is 12.8 Å². The molecule has 3 aromatic rings. The number of aryl methyl sites for hydroxylation is 1. The summed E-state index contributed by atoms with van der Waals surface area (Å²) >= 11 is 0. The molecule has 0 aliphatic heterocycles. The third kappa shape index (κ3) is 4.49. The first kappa shape index (κ1) is 18.1. The molecule has 0 saturated carbocycles. The summed E-state index contributed by atoms with van der Waals surface area (Å²) in [7, 11) is 1.44. The van der Waals surface area contributed by atoms with E-state index in [-0.39, 0.29) is 30.1 Å². The standard InChI is InChI=1S/C19H18N4O4/c1-27-17-10-12(6-8-16(17)24)11-20-23-18(25)9-7-15-19(26)22-14-5-3-2-4-13(14)21-15/h2-6,8,10-11,24H,7,9H2,1H3,(H,22,26)(H,23,25)/b20-11+. The van der Waals surface area contributed by atoms with E-state index in [2.05, 4.69) is 20.5 Å². The number of H-pyrrole nitrogens is 1. The molecule has 0 atom stereocenters. The van der Waals surface area contributed by atoms with Crippen LogP contribution in [0.15, 0.2) is 52.4 Å². The number of fused-ring (bicyclic) bond motifs is 1. The molecule has 0 saturated heterocycles. The summed E-state index contributed by atoms with van der Waals surface area (Å²) in [6.45, 7) is 0. The van der Waals surface area contributed by atoms with Gasteiger partial charge in [0.05, 0.1) is 24.4 Å². The number of hydrogen-bond donors (Lipinski definition) is 3. The highest BCUT2D eigenvalue weighted by Gasteiger charge is 2.08. The molecular formula is C19H18N4O4. The zero-order valence-corrected chi connectivity index (χ0v) is 14.6. The van der Waals surface area contributed by atoms with Crippen LogP contribution >= 0.6 is 0 Å². The second-order valence-electron chi connectivity index (χ2n) is 5.75. The number of nitrogens with one attached hydrogen (secondary N) is 2. The third-order valence-electron chi connectivity index (χ3n) is 3.87. The molecule has 1 heterocycles. The Morgan fingerprint density at radius 2 is 2.15 bits per heavy atom. The van der Waals surface area contributed by atoms with Crippen LogP contribution in [0.25, 0.3) is 11.0 Å². The number of benzene rings is 2. The molecule has 0 bridgehead atoms. The fourth-order valence-electron chi connectivity index (χ4n) is 2.48. The Hall–Kier alpha value is -3.68. The summed E-state index contributed by atoms with van der Waals surface area (Å²) in [5, 5.41) is 13.4. The molecule has 138 valence electrons. The predicted octanol–water partition coefficient (Wildman–Crippen LogP) is 1.72. The van der Waals surface area contributed by atoms with Crippen molar-refractivity contribution in [1.29, 1.82) is 0 Å². The Kier molecular flexibility index (Phi) is 5.46. The van der Waals surface area contributed by atoms with Gasteiger partial charge in [0, 0.05) is 12.8 Å². The van der Waals surface area contributed by atoms with E-state index in [1.165, 1.54) is 19.4 Å². The second-order valence-corrected chi connectivity index (χ2v) is 5.75. The van der Waals surface area contributed by atoms with Gasteiger partial charge in [0.1, 0.15) is 5.69 Å². The van der Waals surface area contributed by atoms with E-state index in [0.717, 1.165) is 0 Å². The first-order valence-corrected chi connectivity index (χ1v) is 8.23. The van der Waals surface area contributed by atoms with E-state index < -0.39 is 0 Å². The summed E-state index contributed by atoms with van der Waals surface area (Å²) in [6, 6.07) is 11.9. The molecule has 0 aliphatic rings. The van der Waals surface area contributed by atoms with Crippen LogP contribution in [0.3, 0.4) is 0 Å². The van der Waals surface area contributed by atoms with E-state index >= 15 is 0 Å². The van der Waals surface area contributed by atoms with E-state index in [9.17, 15) is 14.7 Å². The lowest BCUT2D eigenvalue weighted by Gasteiger charge is -2.04. The van der Waals surface area contributed by atoms with Gasteiger partial charge in [-0.1, -0.05) is 12.1 Å². The fraction of sp³-hybridized carbons (Fsp3) is 0.158. The van der Waals surface area contributed by atoms with E-state index in [4.69, 9.17) is 4.74 Å². The zero-order chi connectivity index (χ0) is 19.2. The number of amides is 1. The largest absolute Gasteiger partial charge is 0.504 e. The number of aromatic nitrogens is 2. The van der Waals surface area contributed by atoms with Crippen molar-refractivity contribution in [3.8, 4) is 11.5 Å². The molecule has 0 fully saturated rings. The minimum atomic E-state index is -0.341. The number of rotatable bonds is 6. The van der Waals surface area contributed by atoms with Gasteiger partial charge in [-0.05, 0) is 35.9 Å². The number of para-hydroxylation sites is 2. The van der Waals surface area contributed by atoms with Gasteiger partial charge in [-0.3, -0.25) is 9.59 Å². The normalized spacial score (nSPS) is 11.0. The number of ether oxygens (including phenoxy) is 1. The lowest BCUT2D eigenvalue weighted by Crippen LogP contribution is -2.21. The van der Waals surface area contributed by atoms with Gasteiger partial charge in [-0.25, -0.2) is 10.4 Å². The van der Waals surface area contributed by atoms with Crippen molar-refractivity contribution < 1.29 is 14.6 Å². The molecule has 27 heavy (non-hydrogen) atoms. The molecule has 3 N–H and O–H groups in total. The molecule has 0 aliphatic carbocycles. The summed E-state index contributed by atoms with van der Waals surface area (Å²) in [5.74, 6) is -0.00924. The molecule has 0 spiro atoms. The Bertz CT molecular complexity index is 1060. The van der Waals surface area contributed by atoms with Gasteiger partial charge in [-0.15, -0.1) is 0 Å². The number of phenols is 1. The van der Waals surface area contributed by atoms with Gasteiger partial charge < -0.3 is 14.8 Å². The first-order valence-electron chi connectivity index (χ1n) is 8.23. The smallest absolute Gasteiger partial charge is 0.270 e. The maximum Gasteiger partial charge on any atom is 0.270 e. The zero-order valence-electron chi connectivity index (χ0n) is 14.6. The number of methoxy groups -OCH3 is 1. The van der Waals surface area contributed by atoms with E-state index in [1.807, 2.05) is 12.1 Å². The maximum absolute atomic E-state index is 12.0. The number of hydrazone groups is 1. The minimum absolute atomic E-state index is 0.0202. The Morgan fingerprint density at radius 3 is 2.96 bits per heavy atom. The molecule has 1 aromatic heterocycles. The van der Waals surface area contributed by atoms with Crippen molar-refractivity contribution in [3.63, 3.8) is 0 Å². The van der Waals surface area contributed by atoms with Gasteiger partial charge in [0.25, 0.3) is 5.56 Å². The van der Waals surface area contributed by atoms with Crippen molar-refractivity contribution in [3.05, 3.63) is 64.1 Å². The average Bonchev–Trinajstić information content (AvgIpc) is 2.67. The number of carbonyl (C=O) groups is 1.